The average molecular weight is 484 g/mol. The number of aromatic nitrogens is 2. The molecule has 36 heavy (non-hydrogen) atoms. The molecule has 2 aromatic carbocycles. The minimum atomic E-state index is -0.494. The van der Waals surface area contributed by atoms with E-state index < -0.39 is 12.1 Å². The Hall–Kier alpha value is -3.74. The molecule has 2 aliphatic rings. The number of nitrogens with zero attached hydrogens (tertiary/aromatic N) is 3. The van der Waals surface area contributed by atoms with Crippen LogP contribution in [0.2, 0.25) is 0 Å². The Morgan fingerprint density at radius 1 is 0.944 bits per heavy atom. The second kappa shape index (κ2) is 10.5. The van der Waals surface area contributed by atoms with Gasteiger partial charge in [-0.1, -0.05) is 63.1 Å². The molecule has 0 saturated carbocycles. The molecule has 2 amide bonds. The molecule has 0 unspecified atom stereocenters. The van der Waals surface area contributed by atoms with Crippen molar-refractivity contribution in [3.8, 4) is 0 Å². The van der Waals surface area contributed by atoms with Crippen molar-refractivity contribution < 1.29 is 9.59 Å². The van der Waals surface area contributed by atoms with Gasteiger partial charge < -0.3 is 15.5 Å². The molecule has 186 valence electrons. The predicted octanol–water partition coefficient (Wildman–Crippen LogP) is 4.27. The van der Waals surface area contributed by atoms with Crippen LogP contribution in [-0.4, -0.2) is 38.8 Å². The Labute approximate surface area is 212 Å². The van der Waals surface area contributed by atoms with Crippen LogP contribution in [-0.2, 0) is 29.0 Å². The Morgan fingerprint density at radius 3 is 2.19 bits per heavy atom. The van der Waals surface area contributed by atoms with Gasteiger partial charge in [-0.2, -0.15) is 0 Å². The first-order chi connectivity index (χ1) is 17.6. The summed E-state index contributed by atoms with van der Waals surface area (Å²) in [7, 11) is 0. The van der Waals surface area contributed by atoms with Crippen molar-refractivity contribution in [1.29, 1.82) is 0 Å². The van der Waals surface area contributed by atoms with Crippen molar-refractivity contribution in [3.63, 3.8) is 0 Å². The van der Waals surface area contributed by atoms with Crippen molar-refractivity contribution >= 4 is 23.5 Å². The van der Waals surface area contributed by atoms with Crippen molar-refractivity contribution in [2.75, 3.05) is 5.32 Å². The van der Waals surface area contributed by atoms with Gasteiger partial charge in [0, 0.05) is 24.6 Å². The van der Waals surface area contributed by atoms with Gasteiger partial charge in [-0.15, -0.1) is 0 Å². The SMILES string of the molecule is CCC(CC)[C@@H]1C(=O)N[C@H](C2Cc3ccccc3C2)C(=O)N1Cc1ccc(Nc2ncccn2)cc1. The maximum absolute atomic E-state index is 14.0. The summed E-state index contributed by atoms with van der Waals surface area (Å²) in [5.74, 6) is 0.739. The molecule has 1 saturated heterocycles. The van der Waals surface area contributed by atoms with E-state index in [9.17, 15) is 9.59 Å². The summed E-state index contributed by atoms with van der Waals surface area (Å²) in [4.78, 5) is 37.7. The van der Waals surface area contributed by atoms with Crippen LogP contribution in [0.25, 0.3) is 0 Å². The molecule has 5 rings (SSSR count). The first kappa shape index (κ1) is 24.0. The van der Waals surface area contributed by atoms with E-state index in [0.29, 0.717) is 12.5 Å². The number of anilines is 2. The van der Waals surface area contributed by atoms with E-state index in [1.54, 1.807) is 18.5 Å². The molecule has 2 atom stereocenters. The van der Waals surface area contributed by atoms with Gasteiger partial charge in [0.05, 0.1) is 0 Å². The number of fused-ring (bicyclic) bond motifs is 1. The standard InChI is InChI=1S/C29H33N5O2/c1-3-20(4-2)26-27(35)33-25(23-16-21-8-5-6-9-22(21)17-23)28(36)34(26)18-19-10-12-24(13-11-19)32-29-30-14-7-15-31-29/h5-15,20,23,25-26H,3-4,16-18H2,1-2H3,(H,33,35)(H,30,31,32)/t25-,26-/m1/s1. The van der Waals surface area contributed by atoms with Crippen molar-refractivity contribution in [2.24, 2.45) is 11.8 Å². The zero-order valence-electron chi connectivity index (χ0n) is 20.9. The van der Waals surface area contributed by atoms with Gasteiger partial charge >= 0.3 is 0 Å². The van der Waals surface area contributed by atoms with Gasteiger partial charge in [-0.25, -0.2) is 9.97 Å². The fraction of sp³-hybridized carbons (Fsp3) is 0.379. The van der Waals surface area contributed by atoms with E-state index in [2.05, 4.69) is 46.6 Å². The van der Waals surface area contributed by atoms with E-state index in [0.717, 1.165) is 36.9 Å². The van der Waals surface area contributed by atoms with E-state index in [-0.39, 0.29) is 23.7 Å². The number of carbonyl (C=O) groups is 2. The monoisotopic (exact) mass is 483 g/mol. The van der Waals surface area contributed by atoms with Gasteiger partial charge in [-0.05, 0) is 59.6 Å². The largest absolute Gasteiger partial charge is 0.342 e. The van der Waals surface area contributed by atoms with Gasteiger partial charge in [0.1, 0.15) is 12.1 Å². The summed E-state index contributed by atoms with van der Waals surface area (Å²) < 4.78 is 0. The van der Waals surface area contributed by atoms with Crippen LogP contribution in [0.5, 0.6) is 0 Å². The van der Waals surface area contributed by atoms with E-state index in [1.165, 1.54) is 11.1 Å². The van der Waals surface area contributed by atoms with Crippen LogP contribution in [0.1, 0.15) is 43.4 Å². The molecule has 3 aromatic rings. The first-order valence-electron chi connectivity index (χ1n) is 12.9. The van der Waals surface area contributed by atoms with Crippen molar-refractivity contribution in [1.82, 2.24) is 20.2 Å². The van der Waals surface area contributed by atoms with Gasteiger partial charge in [0.25, 0.3) is 0 Å². The van der Waals surface area contributed by atoms with Gasteiger partial charge in [-0.3, -0.25) is 9.59 Å². The van der Waals surface area contributed by atoms with E-state index in [4.69, 9.17) is 0 Å². The number of rotatable bonds is 8. The molecule has 0 spiro atoms. The number of hydrogen-bond acceptors (Lipinski definition) is 5. The minimum Gasteiger partial charge on any atom is -0.342 e. The molecule has 0 radical (unpaired) electrons. The zero-order chi connectivity index (χ0) is 25.1. The second-order valence-electron chi connectivity index (χ2n) is 9.81. The normalized spacial score (nSPS) is 19.9. The summed E-state index contributed by atoms with van der Waals surface area (Å²) in [5.41, 5.74) is 4.42. The maximum atomic E-state index is 14.0. The fourth-order valence-corrected chi connectivity index (χ4v) is 5.67. The Morgan fingerprint density at radius 2 is 1.58 bits per heavy atom. The smallest absolute Gasteiger partial charge is 0.246 e. The molecular formula is C29H33N5O2. The highest BCUT2D eigenvalue weighted by Crippen LogP contribution is 2.33. The lowest BCUT2D eigenvalue weighted by molar-refractivity contribution is -0.154. The fourth-order valence-electron chi connectivity index (χ4n) is 5.67. The van der Waals surface area contributed by atoms with Crippen LogP contribution in [0.15, 0.2) is 67.0 Å². The lowest BCUT2D eigenvalue weighted by Gasteiger charge is -2.43. The number of piperazine rings is 1. The summed E-state index contributed by atoms with van der Waals surface area (Å²) >= 11 is 0. The number of amides is 2. The lowest BCUT2D eigenvalue weighted by atomic mass is 9.86. The molecule has 0 bridgehead atoms. The second-order valence-corrected chi connectivity index (χ2v) is 9.81. The summed E-state index contributed by atoms with van der Waals surface area (Å²) in [6.07, 6.45) is 6.70. The number of nitrogens with one attached hydrogen (secondary N) is 2. The predicted molar refractivity (Wildman–Crippen MR) is 139 cm³/mol. The topological polar surface area (TPSA) is 87.2 Å². The lowest BCUT2D eigenvalue weighted by Crippen LogP contribution is -2.66. The Kier molecular flexibility index (Phi) is 6.98. The molecular weight excluding hydrogens is 450 g/mol. The molecule has 1 aliphatic heterocycles. The molecule has 1 fully saturated rings. The van der Waals surface area contributed by atoms with Crippen LogP contribution >= 0.6 is 0 Å². The summed E-state index contributed by atoms with van der Waals surface area (Å²) in [5, 5.41) is 6.32. The third-order valence-electron chi connectivity index (χ3n) is 7.63. The Balaban J connectivity index is 1.37. The minimum absolute atomic E-state index is 0.0243. The highest BCUT2D eigenvalue weighted by molar-refractivity contribution is 5.97. The van der Waals surface area contributed by atoms with Gasteiger partial charge in [0.2, 0.25) is 17.8 Å². The first-order valence-corrected chi connectivity index (χ1v) is 12.9. The molecule has 7 heteroatoms. The summed E-state index contributed by atoms with van der Waals surface area (Å²) in [6.45, 7) is 4.59. The van der Waals surface area contributed by atoms with Crippen LogP contribution in [0.4, 0.5) is 11.6 Å². The molecule has 7 nitrogen and oxygen atoms in total. The van der Waals surface area contributed by atoms with Crippen LogP contribution in [0, 0.1) is 11.8 Å². The molecule has 2 N–H and O–H groups in total. The van der Waals surface area contributed by atoms with Gasteiger partial charge in [0.15, 0.2) is 0 Å². The Bertz CT molecular complexity index is 1180. The highest BCUT2D eigenvalue weighted by atomic mass is 16.2. The number of carbonyl (C=O) groups excluding carboxylic acids is 2. The quantitative estimate of drug-likeness (QED) is 0.500. The third kappa shape index (κ3) is 4.83. The molecule has 1 aromatic heterocycles. The van der Waals surface area contributed by atoms with Crippen LogP contribution < -0.4 is 10.6 Å². The van der Waals surface area contributed by atoms with E-state index in [1.807, 2.05) is 41.3 Å². The average Bonchev–Trinajstić information content (AvgIpc) is 3.34. The van der Waals surface area contributed by atoms with Crippen molar-refractivity contribution in [3.05, 3.63) is 83.7 Å². The molecule has 2 heterocycles. The third-order valence-corrected chi connectivity index (χ3v) is 7.63. The van der Waals surface area contributed by atoms with Crippen molar-refractivity contribution in [2.45, 2.75) is 58.2 Å². The van der Waals surface area contributed by atoms with Crippen LogP contribution in [0.3, 0.4) is 0 Å². The molecule has 1 aliphatic carbocycles. The zero-order valence-corrected chi connectivity index (χ0v) is 20.9. The number of hydrogen-bond donors (Lipinski definition) is 2. The number of benzene rings is 2. The highest BCUT2D eigenvalue weighted by Gasteiger charge is 2.46. The van der Waals surface area contributed by atoms with E-state index >= 15 is 0 Å². The summed E-state index contributed by atoms with van der Waals surface area (Å²) in [6, 6.07) is 17.1. The maximum Gasteiger partial charge on any atom is 0.246 e.